The molecule has 1 aromatic rings. The van der Waals surface area contributed by atoms with E-state index >= 15 is 0 Å². The Labute approximate surface area is 77.6 Å². The largest absolute Gasteiger partial charge is 0.494 e. The van der Waals surface area contributed by atoms with Gasteiger partial charge in [0.25, 0.3) is 0 Å². The van der Waals surface area contributed by atoms with Gasteiger partial charge in [-0.15, -0.1) is 5.16 Å². The number of hydrogen-bond donors (Lipinski definition) is 0. The minimum Gasteiger partial charge on any atom is -0.494 e. The molecule has 0 bridgehead atoms. The van der Waals surface area contributed by atoms with E-state index in [9.17, 15) is 0 Å². The van der Waals surface area contributed by atoms with Crippen LogP contribution in [0.25, 0.3) is 0 Å². The fraction of sp³-hybridized carbons (Fsp3) is 0.222. The Morgan fingerprint density at radius 1 is 1.54 bits per heavy atom. The maximum Gasteiger partial charge on any atom is 0.449 e. The summed E-state index contributed by atoms with van der Waals surface area (Å²) in [6.45, 7) is 2.63. The number of fused-ring (bicyclic) bond motifs is 1. The van der Waals surface area contributed by atoms with Crippen LogP contribution < -0.4 is 10.2 Å². The molecule has 0 amide bonds. The Morgan fingerprint density at radius 3 is 3.31 bits per heavy atom. The van der Waals surface area contributed by atoms with Crippen molar-refractivity contribution in [2.75, 3.05) is 6.61 Å². The van der Waals surface area contributed by atoms with Crippen molar-refractivity contribution in [3.8, 4) is 5.75 Å². The summed E-state index contributed by atoms with van der Waals surface area (Å²) in [5, 5.41) is 3.67. The summed E-state index contributed by atoms with van der Waals surface area (Å²) < 4.78 is 10.2. The summed E-state index contributed by atoms with van der Waals surface area (Å²) >= 11 is 0. The molecule has 65 valence electrons. The zero-order valence-electron chi connectivity index (χ0n) is 7.36. The van der Waals surface area contributed by atoms with E-state index in [0.717, 1.165) is 16.8 Å². The highest BCUT2D eigenvalue weighted by Gasteiger charge is 2.10. The Morgan fingerprint density at radius 2 is 2.46 bits per heavy atom. The highest BCUT2D eigenvalue weighted by Crippen LogP contribution is 2.10. The first-order valence-electron chi connectivity index (χ1n) is 4.19. The molecule has 1 aliphatic rings. The SMILES string of the molecule is CCOc1ccc2c(c1)[B]ON=C2. The molecule has 0 unspecified atom stereocenters. The Kier molecular flexibility index (Phi) is 2.21. The number of hydrogen-bond acceptors (Lipinski definition) is 3. The molecule has 1 aliphatic heterocycles. The molecule has 0 saturated carbocycles. The van der Waals surface area contributed by atoms with Gasteiger partial charge in [0.2, 0.25) is 0 Å². The first-order valence-corrected chi connectivity index (χ1v) is 4.19. The van der Waals surface area contributed by atoms with Crippen LogP contribution in [0.4, 0.5) is 0 Å². The van der Waals surface area contributed by atoms with Gasteiger partial charge in [0.1, 0.15) is 5.75 Å². The average molecular weight is 174 g/mol. The Balaban J connectivity index is 2.31. The number of ether oxygens (including phenoxy) is 1. The van der Waals surface area contributed by atoms with Crippen LogP contribution in [-0.4, -0.2) is 20.3 Å². The highest BCUT2D eigenvalue weighted by atomic mass is 16.6. The molecule has 13 heavy (non-hydrogen) atoms. The van der Waals surface area contributed by atoms with Crippen LogP contribution in [0.3, 0.4) is 0 Å². The van der Waals surface area contributed by atoms with Gasteiger partial charge in [-0.25, -0.2) is 0 Å². The number of rotatable bonds is 2. The Hall–Kier alpha value is -1.45. The second-order valence-corrected chi connectivity index (χ2v) is 2.68. The second kappa shape index (κ2) is 3.52. The zero-order chi connectivity index (χ0) is 9.10. The van der Waals surface area contributed by atoms with Crippen molar-refractivity contribution in [1.29, 1.82) is 0 Å². The van der Waals surface area contributed by atoms with Crippen molar-refractivity contribution < 1.29 is 9.49 Å². The first-order chi connectivity index (χ1) is 6.40. The van der Waals surface area contributed by atoms with E-state index in [1.54, 1.807) is 13.7 Å². The van der Waals surface area contributed by atoms with Gasteiger partial charge < -0.3 is 9.49 Å². The van der Waals surface area contributed by atoms with Crippen LogP contribution in [0, 0.1) is 0 Å². The van der Waals surface area contributed by atoms with Crippen LogP contribution in [0.15, 0.2) is 23.4 Å². The molecule has 1 radical (unpaired) electrons. The number of oxime groups is 1. The van der Waals surface area contributed by atoms with E-state index in [-0.39, 0.29) is 0 Å². The van der Waals surface area contributed by atoms with Gasteiger partial charge >= 0.3 is 7.48 Å². The van der Waals surface area contributed by atoms with Gasteiger partial charge in [-0.1, -0.05) is 6.07 Å². The maximum absolute atomic E-state index is 5.35. The minimum absolute atomic E-state index is 0.674. The summed E-state index contributed by atoms with van der Waals surface area (Å²) in [7, 11) is 1.61. The van der Waals surface area contributed by atoms with E-state index < -0.39 is 0 Å². The van der Waals surface area contributed by atoms with Gasteiger partial charge in [0, 0.05) is 0 Å². The van der Waals surface area contributed by atoms with Crippen molar-refractivity contribution in [1.82, 2.24) is 0 Å². The van der Waals surface area contributed by atoms with E-state index in [2.05, 4.69) is 5.16 Å². The van der Waals surface area contributed by atoms with Crippen LogP contribution in [-0.2, 0) is 4.76 Å². The molecule has 0 aromatic heterocycles. The lowest BCUT2D eigenvalue weighted by molar-refractivity contribution is 0.340. The molecule has 3 nitrogen and oxygen atoms in total. The van der Waals surface area contributed by atoms with Crippen LogP contribution in [0.5, 0.6) is 5.75 Å². The van der Waals surface area contributed by atoms with E-state index in [1.807, 2.05) is 25.1 Å². The topological polar surface area (TPSA) is 30.8 Å². The highest BCUT2D eigenvalue weighted by molar-refractivity contribution is 6.49. The standard InChI is InChI=1S/C9H9BNO2/c1-2-12-8-4-3-7-6-11-13-10-9(7)5-8/h3-6H,2H2,1H3. The first kappa shape index (κ1) is 8.17. The summed E-state index contributed by atoms with van der Waals surface area (Å²) in [4.78, 5) is 0. The minimum atomic E-state index is 0.674. The smallest absolute Gasteiger partial charge is 0.449 e. The fourth-order valence-electron chi connectivity index (χ4n) is 1.20. The van der Waals surface area contributed by atoms with Gasteiger partial charge in [0.15, 0.2) is 0 Å². The van der Waals surface area contributed by atoms with Crippen molar-refractivity contribution in [3.05, 3.63) is 23.8 Å². The fourth-order valence-corrected chi connectivity index (χ4v) is 1.20. The van der Waals surface area contributed by atoms with Crippen molar-refractivity contribution in [3.63, 3.8) is 0 Å². The number of benzene rings is 1. The van der Waals surface area contributed by atoms with Gasteiger partial charge in [-0.05, 0) is 30.1 Å². The lowest BCUT2D eigenvalue weighted by Crippen LogP contribution is -2.24. The molecular formula is C9H9BNO2. The van der Waals surface area contributed by atoms with Crippen molar-refractivity contribution >= 4 is 19.2 Å². The van der Waals surface area contributed by atoms with Gasteiger partial charge in [-0.3, -0.25) is 0 Å². The van der Waals surface area contributed by atoms with E-state index in [1.165, 1.54) is 0 Å². The summed E-state index contributed by atoms with van der Waals surface area (Å²) in [6.07, 6.45) is 1.69. The third-order valence-electron chi connectivity index (χ3n) is 1.80. The summed E-state index contributed by atoms with van der Waals surface area (Å²) in [5.74, 6) is 0.858. The summed E-state index contributed by atoms with van der Waals surface area (Å²) in [5.41, 5.74) is 2.05. The van der Waals surface area contributed by atoms with Crippen molar-refractivity contribution in [2.24, 2.45) is 5.16 Å². The molecule has 2 rings (SSSR count). The molecule has 0 fully saturated rings. The van der Waals surface area contributed by atoms with E-state index in [0.29, 0.717) is 6.61 Å². The lowest BCUT2D eigenvalue weighted by atomic mass is 9.83. The third kappa shape index (κ3) is 1.66. The second-order valence-electron chi connectivity index (χ2n) is 2.68. The normalized spacial score (nSPS) is 12.7. The molecule has 0 atom stereocenters. The predicted molar refractivity (Wildman–Crippen MR) is 51.7 cm³/mol. The molecule has 1 heterocycles. The quantitative estimate of drug-likeness (QED) is 0.617. The molecule has 0 aliphatic carbocycles. The molecular weight excluding hydrogens is 165 g/mol. The Bertz CT molecular complexity index is 338. The van der Waals surface area contributed by atoms with Crippen LogP contribution in [0.2, 0.25) is 0 Å². The number of nitrogens with zero attached hydrogens (tertiary/aromatic N) is 1. The summed E-state index contributed by atoms with van der Waals surface area (Å²) in [6, 6.07) is 5.82. The average Bonchev–Trinajstić information content (AvgIpc) is 2.18. The molecule has 0 saturated heterocycles. The van der Waals surface area contributed by atoms with Crippen LogP contribution >= 0.6 is 0 Å². The van der Waals surface area contributed by atoms with Gasteiger partial charge in [-0.2, -0.15) is 0 Å². The molecule has 0 N–H and O–H groups in total. The van der Waals surface area contributed by atoms with Gasteiger partial charge in [0.05, 0.1) is 12.8 Å². The molecule has 0 spiro atoms. The zero-order valence-corrected chi connectivity index (χ0v) is 7.36. The monoisotopic (exact) mass is 174 g/mol. The maximum atomic E-state index is 5.35. The molecule has 4 heteroatoms. The third-order valence-corrected chi connectivity index (χ3v) is 1.80. The van der Waals surface area contributed by atoms with Crippen molar-refractivity contribution in [2.45, 2.75) is 6.92 Å². The molecule has 1 aromatic carbocycles. The predicted octanol–water partition coefficient (Wildman–Crippen LogP) is 0.694. The van der Waals surface area contributed by atoms with Crippen LogP contribution in [0.1, 0.15) is 12.5 Å². The van der Waals surface area contributed by atoms with E-state index in [4.69, 9.17) is 9.49 Å². The lowest BCUT2D eigenvalue weighted by Gasteiger charge is -2.10.